The van der Waals surface area contributed by atoms with Gasteiger partial charge in [-0.1, -0.05) is 24.3 Å². The van der Waals surface area contributed by atoms with Crippen LogP contribution in [0.1, 0.15) is 17.2 Å². The molecule has 3 rings (SSSR count). The predicted octanol–water partition coefficient (Wildman–Crippen LogP) is 2.88. The van der Waals surface area contributed by atoms with Crippen molar-refractivity contribution in [2.75, 3.05) is 13.2 Å². The molecule has 1 aliphatic rings. The van der Waals surface area contributed by atoms with E-state index in [2.05, 4.69) is 11.1 Å². The van der Waals surface area contributed by atoms with E-state index in [1.54, 1.807) is 6.20 Å². The average molecular weight is 321 g/mol. The zero-order valence-corrected chi connectivity index (χ0v) is 12.7. The minimum absolute atomic E-state index is 0. The molecular formula is C16H17ClN2O3. The van der Waals surface area contributed by atoms with Crippen LogP contribution in [0.4, 0.5) is 4.79 Å². The Labute approximate surface area is 134 Å². The molecule has 2 heterocycles. The summed E-state index contributed by atoms with van der Waals surface area (Å²) in [6, 6.07) is 10.1. The molecule has 0 saturated heterocycles. The lowest BCUT2D eigenvalue weighted by Crippen LogP contribution is -2.24. The summed E-state index contributed by atoms with van der Waals surface area (Å²) in [5.41, 5.74) is 9.47. The number of pyridine rings is 1. The molecule has 1 aliphatic heterocycles. The van der Waals surface area contributed by atoms with Gasteiger partial charge in [-0.2, -0.15) is 0 Å². The van der Waals surface area contributed by atoms with Gasteiger partial charge in [-0.25, -0.2) is 4.79 Å². The quantitative estimate of drug-likeness (QED) is 0.943. The maximum absolute atomic E-state index is 10.7. The normalized spacial score (nSPS) is 16.3. The summed E-state index contributed by atoms with van der Waals surface area (Å²) in [4.78, 5) is 14.9. The number of hydrogen-bond acceptors (Lipinski definition) is 4. The van der Waals surface area contributed by atoms with Gasteiger partial charge in [-0.05, 0) is 34.7 Å². The molecule has 1 amide bonds. The minimum atomic E-state index is -0.780. The number of primary amides is 1. The van der Waals surface area contributed by atoms with Crippen molar-refractivity contribution in [3.05, 3.63) is 53.9 Å². The van der Waals surface area contributed by atoms with Gasteiger partial charge in [0.2, 0.25) is 0 Å². The van der Waals surface area contributed by atoms with Crippen LogP contribution in [0.25, 0.3) is 11.1 Å². The summed E-state index contributed by atoms with van der Waals surface area (Å²) in [5.74, 6) is 0. The largest absolute Gasteiger partial charge is 0.447 e. The van der Waals surface area contributed by atoms with Gasteiger partial charge < -0.3 is 15.2 Å². The molecule has 0 aliphatic carbocycles. The number of nitrogens with zero attached hydrogens (tertiary/aromatic N) is 1. The third-order valence-corrected chi connectivity index (χ3v) is 3.55. The van der Waals surface area contributed by atoms with Crippen molar-refractivity contribution in [3.8, 4) is 11.1 Å². The molecule has 1 atom stereocenters. The van der Waals surface area contributed by atoms with Crippen LogP contribution in [0.3, 0.4) is 0 Å². The summed E-state index contributed by atoms with van der Waals surface area (Å²) >= 11 is 0. The monoisotopic (exact) mass is 320 g/mol. The molecule has 0 spiro atoms. The van der Waals surface area contributed by atoms with E-state index in [4.69, 9.17) is 15.2 Å². The van der Waals surface area contributed by atoms with Crippen LogP contribution in [0, 0.1) is 0 Å². The van der Waals surface area contributed by atoms with E-state index >= 15 is 0 Å². The lowest BCUT2D eigenvalue weighted by atomic mass is 9.94. The molecule has 0 saturated carbocycles. The first-order valence-corrected chi connectivity index (χ1v) is 6.81. The van der Waals surface area contributed by atoms with Crippen LogP contribution >= 0.6 is 12.4 Å². The SMILES string of the molecule is Cl.NC(=O)OCC1OCCc2cc(-c3cccnc3)ccc21. The topological polar surface area (TPSA) is 74.4 Å². The Morgan fingerprint density at radius 2 is 2.23 bits per heavy atom. The van der Waals surface area contributed by atoms with Crippen molar-refractivity contribution < 1.29 is 14.3 Å². The van der Waals surface area contributed by atoms with Crippen molar-refractivity contribution >= 4 is 18.5 Å². The second kappa shape index (κ2) is 7.24. The fraction of sp³-hybridized carbons (Fsp3) is 0.250. The number of benzene rings is 1. The highest BCUT2D eigenvalue weighted by Gasteiger charge is 2.22. The maximum Gasteiger partial charge on any atom is 0.404 e. The van der Waals surface area contributed by atoms with Crippen LogP contribution in [0.5, 0.6) is 0 Å². The lowest BCUT2D eigenvalue weighted by Gasteiger charge is -2.26. The third-order valence-electron chi connectivity index (χ3n) is 3.55. The van der Waals surface area contributed by atoms with Gasteiger partial charge in [0.25, 0.3) is 0 Å². The number of amides is 1. The molecule has 6 heteroatoms. The number of fused-ring (bicyclic) bond motifs is 1. The van der Waals surface area contributed by atoms with Gasteiger partial charge in [0.15, 0.2) is 0 Å². The third kappa shape index (κ3) is 3.55. The number of nitrogens with two attached hydrogens (primary N) is 1. The molecule has 1 aromatic carbocycles. The first-order valence-electron chi connectivity index (χ1n) is 6.81. The number of rotatable bonds is 3. The Bertz CT molecular complexity index is 649. The molecule has 1 aromatic heterocycles. The summed E-state index contributed by atoms with van der Waals surface area (Å²) in [6.07, 6.45) is 3.42. The highest BCUT2D eigenvalue weighted by molar-refractivity contribution is 5.85. The smallest absolute Gasteiger partial charge is 0.404 e. The van der Waals surface area contributed by atoms with Crippen LogP contribution in [0.15, 0.2) is 42.7 Å². The second-order valence-electron chi connectivity index (χ2n) is 4.89. The number of hydrogen-bond donors (Lipinski definition) is 1. The van der Waals surface area contributed by atoms with Gasteiger partial charge in [-0.15, -0.1) is 12.4 Å². The second-order valence-corrected chi connectivity index (χ2v) is 4.89. The van der Waals surface area contributed by atoms with E-state index < -0.39 is 6.09 Å². The number of ether oxygens (including phenoxy) is 2. The minimum Gasteiger partial charge on any atom is -0.447 e. The zero-order valence-electron chi connectivity index (χ0n) is 11.9. The fourth-order valence-corrected chi connectivity index (χ4v) is 2.55. The summed E-state index contributed by atoms with van der Waals surface area (Å²) < 4.78 is 10.5. The Kier molecular flexibility index (Phi) is 5.35. The standard InChI is InChI=1S/C16H16N2O3.ClH/c17-16(19)21-10-15-14-4-3-11(8-12(14)5-7-20-15)13-2-1-6-18-9-13;/h1-4,6,8-9,15H,5,7,10H2,(H2,17,19);1H. The van der Waals surface area contributed by atoms with Crippen molar-refractivity contribution in [1.29, 1.82) is 0 Å². The molecule has 5 nitrogen and oxygen atoms in total. The highest BCUT2D eigenvalue weighted by Crippen LogP contribution is 2.31. The van der Waals surface area contributed by atoms with Gasteiger partial charge in [-0.3, -0.25) is 4.98 Å². The lowest BCUT2D eigenvalue weighted by molar-refractivity contribution is -0.00219. The number of carbonyl (C=O) groups excluding carboxylic acids is 1. The van der Waals surface area contributed by atoms with E-state index in [0.717, 1.165) is 23.1 Å². The zero-order chi connectivity index (χ0) is 14.7. The van der Waals surface area contributed by atoms with Gasteiger partial charge in [0.1, 0.15) is 12.7 Å². The van der Waals surface area contributed by atoms with Crippen LogP contribution in [0.2, 0.25) is 0 Å². The molecular weight excluding hydrogens is 304 g/mol. The van der Waals surface area contributed by atoms with Gasteiger partial charge in [0.05, 0.1) is 6.61 Å². The Hall–Kier alpha value is -2.11. The van der Waals surface area contributed by atoms with Crippen molar-refractivity contribution in [1.82, 2.24) is 4.98 Å². The molecule has 2 aromatic rings. The average Bonchev–Trinajstić information content (AvgIpc) is 2.53. The summed E-state index contributed by atoms with van der Waals surface area (Å²) in [6.45, 7) is 0.755. The molecule has 0 bridgehead atoms. The van der Waals surface area contributed by atoms with Gasteiger partial charge in [0, 0.05) is 12.4 Å². The van der Waals surface area contributed by atoms with Crippen molar-refractivity contribution in [2.45, 2.75) is 12.5 Å². The molecule has 2 N–H and O–H groups in total. The molecule has 116 valence electrons. The fourth-order valence-electron chi connectivity index (χ4n) is 2.55. The highest BCUT2D eigenvalue weighted by atomic mass is 35.5. The van der Waals surface area contributed by atoms with Crippen LogP contribution in [-0.2, 0) is 15.9 Å². The van der Waals surface area contributed by atoms with E-state index in [9.17, 15) is 4.79 Å². The summed E-state index contributed by atoms with van der Waals surface area (Å²) in [7, 11) is 0. The molecule has 1 unspecified atom stereocenters. The Morgan fingerprint density at radius 1 is 1.36 bits per heavy atom. The number of halogens is 1. The maximum atomic E-state index is 10.7. The predicted molar refractivity (Wildman–Crippen MR) is 84.9 cm³/mol. The number of carbonyl (C=O) groups is 1. The Balaban J connectivity index is 0.00000176. The van der Waals surface area contributed by atoms with Crippen LogP contribution in [-0.4, -0.2) is 24.3 Å². The first kappa shape index (κ1) is 16.3. The van der Waals surface area contributed by atoms with Crippen molar-refractivity contribution in [2.24, 2.45) is 5.73 Å². The molecule has 22 heavy (non-hydrogen) atoms. The Morgan fingerprint density at radius 3 is 2.95 bits per heavy atom. The van der Waals surface area contributed by atoms with E-state index in [1.165, 1.54) is 5.56 Å². The molecule has 0 radical (unpaired) electrons. The van der Waals surface area contributed by atoms with Gasteiger partial charge >= 0.3 is 6.09 Å². The van der Waals surface area contributed by atoms with E-state index in [0.29, 0.717) is 6.61 Å². The van der Waals surface area contributed by atoms with Crippen molar-refractivity contribution in [3.63, 3.8) is 0 Å². The number of aromatic nitrogens is 1. The van der Waals surface area contributed by atoms with E-state index in [1.807, 2.05) is 30.5 Å². The van der Waals surface area contributed by atoms with Crippen LogP contribution < -0.4 is 5.73 Å². The molecule has 0 fully saturated rings. The van der Waals surface area contributed by atoms with E-state index in [-0.39, 0.29) is 25.1 Å². The summed E-state index contributed by atoms with van der Waals surface area (Å²) in [5, 5.41) is 0. The first-order chi connectivity index (χ1) is 10.2.